The minimum absolute atomic E-state index is 0.0103. The predicted molar refractivity (Wildman–Crippen MR) is 152 cm³/mol. The molecule has 5 N–H and O–H groups in total. The van der Waals surface area contributed by atoms with E-state index in [1.807, 2.05) is 5.01 Å². The summed E-state index contributed by atoms with van der Waals surface area (Å²) in [6.07, 6.45) is -4.34. The molecule has 13 heteroatoms. The van der Waals surface area contributed by atoms with Gasteiger partial charge in [0.05, 0.1) is 61.4 Å². The molecule has 0 bridgehead atoms. The van der Waals surface area contributed by atoms with Crippen molar-refractivity contribution >= 4 is 17.3 Å². The number of nitrogens with one attached hydrogen (secondary N) is 1. The average Bonchev–Trinajstić information content (AvgIpc) is 3.00. The molecule has 4 aliphatic rings. The number of carbonyl (C=O) groups excluding carboxylic acids is 3. The van der Waals surface area contributed by atoms with Crippen LogP contribution in [0.15, 0.2) is 18.2 Å². The summed E-state index contributed by atoms with van der Waals surface area (Å²) in [5.74, 6) is -3.13. The summed E-state index contributed by atoms with van der Waals surface area (Å²) in [5, 5.41) is 47.4. The zero-order valence-corrected chi connectivity index (χ0v) is 24.7. The number of Topliss-reactive ketones (excluding diaryl/α,β-unsaturated/α-hetero) is 1. The molecule has 0 aromatic heterocycles. The van der Waals surface area contributed by atoms with Crippen LogP contribution in [0.1, 0.15) is 75.8 Å². The van der Waals surface area contributed by atoms with Crippen molar-refractivity contribution in [1.82, 2.24) is 10.4 Å². The van der Waals surface area contributed by atoms with Crippen LogP contribution in [-0.4, -0.2) is 106 Å². The second-order valence-corrected chi connectivity index (χ2v) is 11.8. The van der Waals surface area contributed by atoms with Crippen molar-refractivity contribution in [2.45, 2.75) is 69.4 Å². The molecule has 6 rings (SSSR count). The number of rotatable bonds is 6. The molecule has 0 spiro atoms. The lowest BCUT2D eigenvalue weighted by atomic mass is 9.72. The fourth-order valence-corrected chi connectivity index (χ4v) is 6.68. The number of hydrogen-bond acceptors (Lipinski definition) is 13. The molecule has 2 aliphatic heterocycles. The van der Waals surface area contributed by atoms with Crippen LogP contribution >= 0.6 is 0 Å². The van der Waals surface area contributed by atoms with Crippen molar-refractivity contribution in [2.75, 3.05) is 33.4 Å². The van der Waals surface area contributed by atoms with Gasteiger partial charge in [0.2, 0.25) is 5.78 Å². The van der Waals surface area contributed by atoms with Gasteiger partial charge in [0.25, 0.3) is 0 Å². The van der Waals surface area contributed by atoms with E-state index < -0.39 is 82.6 Å². The lowest BCUT2D eigenvalue weighted by molar-refractivity contribution is -0.253. The molecule has 2 aromatic rings. The van der Waals surface area contributed by atoms with Crippen molar-refractivity contribution in [3.63, 3.8) is 0 Å². The first-order valence-corrected chi connectivity index (χ1v) is 14.6. The van der Waals surface area contributed by atoms with Crippen LogP contribution in [0, 0.1) is 0 Å². The maximum absolute atomic E-state index is 13.8. The lowest BCUT2D eigenvalue weighted by Crippen LogP contribution is -2.60. The lowest BCUT2D eigenvalue weighted by Gasteiger charge is -2.44. The van der Waals surface area contributed by atoms with Gasteiger partial charge in [-0.05, 0) is 19.9 Å². The third-order valence-electron chi connectivity index (χ3n) is 9.11. The maximum atomic E-state index is 13.8. The molecule has 0 radical (unpaired) electrons. The van der Waals surface area contributed by atoms with Crippen molar-refractivity contribution < 1.29 is 53.8 Å². The summed E-state index contributed by atoms with van der Waals surface area (Å²) in [5.41, 5.74) is 0.312. The summed E-state index contributed by atoms with van der Waals surface area (Å²) in [7, 11) is 1.35. The number of methoxy groups -OCH3 is 1. The maximum Gasteiger partial charge on any atom is 0.202 e. The number of benzene rings is 2. The molecule has 0 saturated carbocycles. The zero-order valence-electron chi connectivity index (χ0n) is 24.7. The second-order valence-electron chi connectivity index (χ2n) is 11.8. The van der Waals surface area contributed by atoms with E-state index in [2.05, 4.69) is 5.43 Å². The molecule has 2 fully saturated rings. The molecular weight excluding hydrogens is 576 g/mol. The summed E-state index contributed by atoms with van der Waals surface area (Å²) >= 11 is 0. The summed E-state index contributed by atoms with van der Waals surface area (Å²) in [4.78, 5) is 40.1. The van der Waals surface area contributed by atoms with Crippen molar-refractivity contribution in [2.24, 2.45) is 0 Å². The number of aliphatic hydroxyl groups is 2. The molecule has 0 amide bonds. The monoisotopic (exact) mass is 612 g/mol. The van der Waals surface area contributed by atoms with Crippen molar-refractivity contribution in [3.05, 3.63) is 51.6 Å². The van der Waals surface area contributed by atoms with Gasteiger partial charge in [0, 0.05) is 49.0 Å². The number of aromatic hydroxyl groups is 2. The van der Waals surface area contributed by atoms with Crippen LogP contribution in [-0.2, 0) is 25.4 Å². The number of phenolic OH excluding ortho intramolecular Hbond substituents is 2. The van der Waals surface area contributed by atoms with Crippen molar-refractivity contribution in [1.29, 1.82) is 0 Å². The Hall–Kier alpha value is -3.43. The normalized spacial score (nSPS) is 30.3. The highest BCUT2D eigenvalue weighted by atomic mass is 16.7. The minimum atomic E-state index is -2.01. The Labute approximate surface area is 253 Å². The number of ether oxygens (including phenoxy) is 4. The third kappa shape index (κ3) is 4.98. The largest absolute Gasteiger partial charge is 0.507 e. The number of hydrazine groups is 1. The van der Waals surface area contributed by atoms with Gasteiger partial charge in [-0.15, -0.1) is 0 Å². The Morgan fingerprint density at radius 2 is 1.80 bits per heavy atom. The van der Waals surface area contributed by atoms with Crippen LogP contribution in [0.3, 0.4) is 0 Å². The molecule has 13 nitrogen and oxygen atoms in total. The van der Waals surface area contributed by atoms with Gasteiger partial charge in [-0.2, -0.15) is 0 Å². The van der Waals surface area contributed by atoms with Crippen LogP contribution in [0.4, 0.5) is 0 Å². The van der Waals surface area contributed by atoms with Crippen LogP contribution < -0.4 is 10.2 Å². The predicted octanol–water partition coefficient (Wildman–Crippen LogP) is 0.907. The first kappa shape index (κ1) is 30.6. The van der Waals surface area contributed by atoms with E-state index in [-0.39, 0.29) is 40.8 Å². The molecule has 6 atom stereocenters. The molecule has 2 aliphatic carbocycles. The first-order chi connectivity index (χ1) is 20.9. The van der Waals surface area contributed by atoms with Gasteiger partial charge in [-0.25, -0.2) is 10.4 Å². The second kappa shape index (κ2) is 11.5. The Bertz CT molecular complexity index is 1520. The number of morpholine rings is 1. The van der Waals surface area contributed by atoms with E-state index in [0.717, 1.165) is 0 Å². The third-order valence-corrected chi connectivity index (χ3v) is 9.11. The highest BCUT2D eigenvalue weighted by Gasteiger charge is 2.49. The van der Waals surface area contributed by atoms with E-state index in [0.29, 0.717) is 26.3 Å². The summed E-state index contributed by atoms with van der Waals surface area (Å²) < 4.78 is 23.0. The Kier molecular flexibility index (Phi) is 7.99. The molecule has 4 unspecified atom stereocenters. The van der Waals surface area contributed by atoms with Gasteiger partial charge in [-0.1, -0.05) is 12.1 Å². The quantitative estimate of drug-likeness (QED) is 0.248. The standard InChI is InChI=1S/C31H36N2O11/c1-14-26(35)18(32-33-7-9-42-10-8-33)11-21(43-14)44-20-13-31(40,15(2)34)12-17-23(20)30(39)25-24(28(17)37)27(36)16-5-4-6-19(41-3)22(16)29(25)38/h4-6,14,18,20-21,26,32,35,37,39-40H,7-13H2,1-3H3/t14?,18?,20-,21?,26?,31-/m0/s1. The van der Waals surface area contributed by atoms with Crippen LogP contribution in [0.25, 0.3) is 0 Å². The minimum Gasteiger partial charge on any atom is -0.507 e. The number of fused-ring (bicyclic) bond motifs is 3. The van der Waals surface area contributed by atoms with Gasteiger partial charge >= 0.3 is 0 Å². The first-order valence-electron chi connectivity index (χ1n) is 14.6. The van der Waals surface area contributed by atoms with E-state index >= 15 is 0 Å². The van der Waals surface area contributed by atoms with Gasteiger partial charge < -0.3 is 39.4 Å². The SMILES string of the molecule is COc1cccc2c1C(=O)c1c(O)c3c(c(O)c1C2=O)C[C@@](O)(C(C)=O)C[C@@H]3OC1CC(NN2CCOCC2)C(O)C(C)O1. The van der Waals surface area contributed by atoms with Crippen LogP contribution in [0.5, 0.6) is 17.2 Å². The fraction of sp³-hybridized carbons (Fsp3) is 0.516. The Morgan fingerprint density at radius 3 is 2.48 bits per heavy atom. The topological polar surface area (TPSA) is 184 Å². The number of aliphatic hydroxyl groups excluding tert-OH is 1. The number of ketones is 3. The Morgan fingerprint density at radius 1 is 1.09 bits per heavy atom. The fourth-order valence-electron chi connectivity index (χ4n) is 6.68. The number of carbonyl (C=O) groups is 3. The van der Waals surface area contributed by atoms with Crippen molar-refractivity contribution in [3.8, 4) is 17.2 Å². The van der Waals surface area contributed by atoms with Gasteiger partial charge in [0.15, 0.2) is 17.9 Å². The van der Waals surface area contributed by atoms with Gasteiger partial charge in [0.1, 0.15) is 22.8 Å². The number of nitrogens with zero attached hydrogens (tertiary/aromatic N) is 1. The zero-order chi connectivity index (χ0) is 31.5. The molecule has 2 heterocycles. The molecule has 2 aromatic carbocycles. The van der Waals surface area contributed by atoms with Crippen LogP contribution in [0.2, 0.25) is 0 Å². The van der Waals surface area contributed by atoms with E-state index in [1.165, 1.54) is 32.2 Å². The van der Waals surface area contributed by atoms with E-state index in [1.54, 1.807) is 6.92 Å². The van der Waals surface area contributed by atoms with E-state index in [9.17, 15) is 34.8 Å². The number of phenols is 2. The smallest absolute Gasteiger partial charge is 0.202 e. The number of hydrogen-bond donors (Lipinski definition) is 5. The molecule has 236 valence electrons. The molecule has 2 saturated heterocycles. The highest BCUT2D eigenvalue weighted by molar-refractivity contribution is 6.31. The highest BCUT2D eigenvalue weighted by Crippen LogP contribution is 2.52. The summed E-state index contributed by atoms with van der Waals surface area (Å²) in [6.45, 7) is 5.19. The molecular formula is C31H36N2O11. The van der Waals surface area contributed by atoms with Gasteiger partial charge in [-0.3, -0.25) is 14.4 Å². The summed E-state index contributed by atoms with van der Waals surface area (Å²) in [6, 6.07) is 3.99. The Balaban J connectivity index is 1.41. The van der Waals surface area contributed by atoms with E-state index in [4.69, 9.17) is 18.9 Å². The molecule has 44 heavy (non-hydrogen) atoms. The average molecular weight is 613 g/mol.